The van der Waals surface area contributed by atoms with Crippen molar-refractivity contribution in [3.8, 4) is 11.8 Å². The molecule has 0 bridgehead atoms. The predicted molar refractivity (Wildman–Crippen MR) is 55.5 cm³/mol. The monoisotopic (exact) mass is 178 g/mol. The minimum atomic E-state index is 1.01. The molecule has 0 spiro atoms. The molecule has 0 amide bonds. The van der Waals surface area contributed by atoms with Crippen LogP contribution in [0.15, 0.2) is 12.1 Å². The van der Waals surface area contributed by atoms with Gasteiger partial charge in [-0.05, 0) is 25.0 Å². The Bertz CT molecular complexity index is 285. The number of aryl methyl sites for hydroxylation is 1. The van der Waals surface area contributed by atoms with Gasteiger partial charge in [-0.1, -0.05) is 25.7 Å². The SMILES string of the molecule is CCCC#Cc1ccc(CC)s1. The first kappa shape index (κ1) is 9.35. The third-order valence-electron chi connectivity index (χ3n) is 1.60. The minimum Gasteiger partial charge on any atom is -0.132 e. The summed E-state index contributed by atoms with van der Waals surface area (Å²) in [6.07, 6.45) is 3.29. The fourth-order valence-electron chi connectivity index (χ4n) is 0.910. The van der Waals surface area contributed by atoms with Gasteiger partial charge in [-0.3, -0.25) is 0 Å². The molecule has 64 valence electrons. The average Bonchev–Trinajstić information content (AvgIpc) is 2.53. The fourth-order valence-corrected chi connectivity index (χ4v) is 1.73. The van der Waals surface area contributed by atoms with Crippen LogP contribution in [0.25, 0.3) is 0 Å². The zero-order valence-electron chi connectivity index (χ0n) is 7.68. The van der Waals surface area contributed by atoms with E-state index in [0.717, 1.165) is 19.3 Å². The summed E-state index contributed by atoms with van der Waals surface area (Å²) in [4.78, 5) is 2.64. The average molecular weight is 178 g/mol. The zero-order valence-corrected chi connectivity index (χ0v) is 8.50. The highest BCUT2D eigenvalue weighted by Crippen LogP contribution is 2.15. The van der Waals surface area contributed by atoms with Crippen molar-refractivity contribution in [2.75, 3.05) is 0 Å². The van der Waals surface area contributed by atoms with E-state index in [2.05, 4.69) is 37.8 Å². The number of unbranched alkanes of at least 4 members (excludes halogenated alkanes) is 1. The van der Waals surface area contributed by atoms with E-state index >= 15 is 0 Å². The van der Waals surface area contributed by atoms with Crippen molar-refractivity contribution in [3.63, 3.8) is 0 Å². The van der Waals surface area contributed by atoms with Crippen LogP contribution in [0, 0.1) is 11.8 Å². The van der Waals surface area contributed by atoms with Crippen LogP contribution < -0.4 is 0 Å². The molecule has 0 aliphatic carbocycles. The summed E-state index contributed by atoms with van der Waals surface area (Å²) >= 11 is 1.81. The molecule has 0 nitrogen and oxygen atoms in total. The molecule has 0 aromatic carbocycles. The van der Waals surface area contributed by atoms with Gasteiger partial charge in [-0.15, -0.1) is 11.3 Å². The van der Waals surface area contributed by atoms with Crippen LogP contribution in [0.1, 0.15) is 36.4 Å². The van der Waals surface area contributed by atoms with Gasteiger partial charge in [0.05, 0.1) is 4.88 Å². The van der Waals surface area contributed by atoms with Crippen LogP contribution in [-0.2, 0) is 6.42 Å². The van der Waals surface area contributed by atoms with Gasteiger partial charge in [0.2, 0.25) is 0 Å². The van der Waals surface area contributed by atoms with E-state index in [4.69, 9.17) is 0 Å². The summed E-state index contributed by atoms with van der Waals surface area (Å²) < 4.78 is 0. The fraction of sp³-hybridized carbons (Fsp3) is 0.455. The first-order valence-corrected chi connectivity index (χ1v) is 5.26. The van der Waals surface area contributed by atoms with E-state index in [0.29, 0.717) is 0 Å². The molecule has 0 saturated carbocycles. The standard InChI is InChI=1S/C11H14S/c1-3-5-6-7-11-9-8-10(4-2)12-11/h8-9H,3-5H2,1-2H3. The second-order valence-corrected chi connectivity index (χ2v) is 3.84. The van der Waals surface area contributed by atoms with E-state index in [1.165, 1.54) is 9.75 Å². The maximum atomic E-state index is 3.17. The highest BCUT2D eigenvalue weighted by Gasteiger charge is 1.92. The van der Waals surface area contributed by atoms with Crippen LogP contribution in [0.3, 0.4) is 0 Å². The van der Waals surface area contributed by atoms with Crippen LogP contribution in [0.4, 0.5) is 0 Å². The van der Waals surface area contributed by atoms with Crippen LogP contribution in [-0.4, -0.2) is 0 Å². The maximum absolute atomic E-state index is 3.17. The lowest BCUT2D eigenvalue weighted by Gasteiger charge is -1.81. The van der Waals surface area contributed by atoms with Gasteiger partial charge in [-0.25, -0.2) is 0 Å². The third-order valence-corrected chi connectivity index (χ3v) is 2.74. The summed E-state index contributed by atoms with van der Waals surface area (Å²) in [6.45, 7) is 4.33. The lowest BCUT2D eigenvalue weighted by atomic mass is 10.3. The molecular weight excluding hydrogens is 164 g/mol. The summed E-state index contributed by atoms with van der Waals surface area (Å²) in [5.41, 5.74) is 0. The first-order valence-electron chi connectivity index (χ1n) is 4.44. The second kappa shape index (κ2) is 5.00. The predicted octanol–water partition coefficient (Wildman–Crippen LogP) is 3.46. The van der Waals surface area contributed by atoms with Crippen molar-refractivity contribution in [2.45, 2.75) is 33.1 Å². The van der Waals surface area contributed by atoms with Crippen LogP contribution in [0.2, 0.25) is 0 Å². The van der Waals surface area contributed by atoms with Crippen molar-refractivity contribution in [2.24, 2.45) is 0 Å². The Hall–Kier alpha value is -0.740. The zero-order chi connectivity index (χ0) is 8.81. The lowest BCUT2D eigenvalue weighted by molar-refractivity contribution is 0.983. The minimum absolute atomic E-state index is 1.01. The second-order valence-electron chi connectivity index (χ2n) is 2.67. The Labute approximate surface area is 78.6 Å². The van der Waals surface area contributed by atoms with Gasteiger partial charge < -0.3 is 0 Å². The summed E-state index contributed by atoms with van der Waals surface area (Å²) in [5, 5.41) is 0. The molecular formula is C11H14S. The third kappa shape index (κ3) is 2.71. The maximum Gasteiger partial charge on any atom is 0.0771 e. The Morgan fingerprint density at radius 2 is 2.17 bits per heavy atom. The molecule has 0 fully saturated rings. The molecule has 1 rings (SSSR count). The molecule has 1 aromatic rings. The topological polar surface area (TPSA) is 0 Å². The summed E-state index contributed by atoms with van der Waals surface area (Å²) in [6, 6.07) is 4.28. The first-order chi connectivity index (χ1) is 5.86. The molecule has 1 heterocycles. The number of thiophene rings is 1. The lowest BCUT2D eigenvalue weighted by Crippen LogP contribution is -1.64. The van der Waals surface area contributed by atoms with Crippen molar-refractivity contribution in [1.29, 1.82) is 0 Å². The van der Waals surface area contributed by atoms with Crippen LogP contribution >= 0.6 is 11.3 Å². The molecule has 1 aromatic heterocycles. The van der Waals surface area contributed by atoms with E-state index in [9.17, 15) is 0 Å². The van der Waals surface area contributed by atoms with Crippen molar-refractivity contribution in [1.82, 2.24) is 0 Å². The normalized spacial score (nSPS) is 9.17. The number of hydrogen-bond acceptors (Lipinski definition) is 1. The van der Waals surface area contributed by atoms with Crippen molar-refractivity contribution in [3.05, 3.63) is 21.9 Å². The van der Waals surface area contributed by atoms with Gasteiger partial charge in [0.15, 0.2) is 0 Å². The highest BCUT2D eigenvalue weighted by molar-refractivity contribution is 7.12. The Morgan fingerprint density at radius 3 is 2.75 bits per heavy atom. The molecule has 0 N–H and O–H groups in total. The highest BCUT2D eigenvalue weighted by atomic mass is 32.1. The van der Waals surface area contributed by atoms with Gasteiger partial charge in [0, 0.05) is 11.3 Å². The van der Waals surface area contributed by atoms with Gasteiger partial charge in [0.1, 0.15) is 0 Å². The van der Waals surface area contributed by atoms with Crippen molar-refractivity contribution >= 4 is 11.3 Å². The molecule has 0 unspecified atom stereocenters. The molecule has 12 heavy (non-hydrogen) atoms. The molecule has 0 atom stereocenters. The Morgan fingerprint density at radius 1 is 1.33 bits per heavy atom. The Kier molecular flexibility index (Phi) is 3.90. The molecule has 0 radical (unpaired) electrons. The van der Waals surface area contributed by atoms with Crippen LogP contribution in [0.5, 0.6) is 0 Å². The molecule has 1 heteroatoms. The molecule has 0 aliphatic heterocycles. The van der Waals surface area contributed by atoms with E-state index in [1.807, 2.05) is 11.3 Å². The van der Waals surface area contributed by atoms with Gasteiger partial charge in [0.25, 0.3) is 0 Å². The summed E-state index contributed by atoms with van der Waals surface area (Å²) in [5.74, 6) is 6.32. The summed E-state index contributed by atoms with van der Waals surface area (Å²) in [7, 11) is 0. The number of hydrogen-bond donors (Lipinski definition) is 0. The van der Waals surface area contributed by atoms with Crippen molar-refractivity contribution < 1.29 is 0 Å². The van der Waals surface area contributed by atoms with Gasteiger partial charge >= 0.3 is 0 Å². The smallest absolute Gasteiger partial charge is 0.0771 e. The van der Waals surface area contributed by atoms with E-state index in [1.54, 1.807) is 0 Å². The quantitative estimate of drug-likeness (QED) is 0.608. The number of rotatable bonds is 2. The molecule has 0 aliphatic rings. The van der Waals surface area contributed by atoms with E-state index < -0.39 is 0 Å². The van der Waals surface area contributed by atoms with Gasteiger partial charge in [-0.2, -0.15) is 0 Å². The Balaban J connectivity index is 2.59. The molecule has 0 saturated heterocycles. The largest absolute Gasteiger partial charge is 0.132 e. The van der Waals surface area contributed by atoms with E-state index in [-0.39, 0.29) is 0 Å².